The molecule has 0 fully saturated rings. The zero-order valence-corrected chi connectivity index (χ0v) is 12.4. The van der Waals surface area contributed by atoms with Crippen LogP contribution in [0.4, 0.5) is 0 Å². The Bertz CT molecular complexity index is 683. The van der Waals surface area contributed by atoms with Gasteiger partial charge in [-0.05, 0) is 67.8 Å². The van der Waals surface area contributed by atoms with E-state index in [1.54, 1.807) is 18.5 Å². The van der Waals surface area contributed by atoms with Gasteiger partial charge in [0.05, 0.1) is 12.5 Å². The number of hydrogen-bond acceptors (Lipinski definition) is 3. The molecular formula is C17H18N2O2. The summed E-state index contributed by atoms with van der Waals surface area (Å²) >= 11 is 0. The maximum absolute atomic E-state index is 11.9. The second kappa shape index (κ2) is 6.70. The molecule has 2 aromatic rings. The van der Waals surface area contributed by atoms with Crippen molar-refractivity contribution in [3.05, 3.63) is 64.6 Å². The number of rotatable bonds is 4. The predicted molar refractivity (Wildman–Crippen MR) is 84.2 cm³/mol. The van der Waals surface area contributed by atoms with Crippen molar-refractivity contribution >= 4 is 18.2 Å². The van der Waals surface area contributed by atoms with Crippen LogP contribution in [0.3, 0.4) is 0 Å². The lowest BCUT2D eigenvalue weighted by molar-refractivity contribution is 0.0955. The monoisotopic (exact) mass is 282 g/mol. The zero-order chi connectivity index (χ0) is 15.2. The molecule has 4 heteroatoms. The van der Waals surface area contributed by atoms with Crippen LogP contribution < -0.4 is 5.43 Å². The van der Waals surface area contributed by atoms with Gasteiger partial charge in [0.2, 0.25) is 0 Å². The summed E-state index contributed by atoms with van der Waals surface area (Å²) in [5.74, 6) is 0.527. The molecule has 1 amide bonds. The maximum Gasteiger partial charge on any atom is 0.271 e. The Morgan fingerprint density at radius 3 is 2.71 bits per heavy atom. The SMILES string of the molecule is CC(C=NNC(=O)c1ccc(C)c(C)c1)=Cc1ccco1. The Balaban J connectivity index is 1.97. The molecule has 0 radical (unpaired) electrons. The summed E-state index contributed by atoms with van der Waals surface area (Å²) in [5.41, 5.74) is 6.24. The molecule has 108 valence electrons. The lowest BCUT2D eigenvalue weighted by Gasteiger charge is -2.03. The van der Waals surface area contributed by atoms with Crippen LogP contribution >= 0.6 is 0 Å². The fourth-order valence-electron chi connectivity index (χ4n) is 1.77. The number of allylic oxidation sites excluding steroid dienone is 1. The third-order valence-electron chi connectivity index (χ3n) is 3.12. The van der Waals surface area contributed by atoms with Crippen molar-refractivity contribution in [2.75, 3.05) is 0 Å². The van der Waals surface area contributed by atoms with Gasteiger partial charge in [-0.1, -0.05) is 6.07 Å². The van der Waals surface area contributed by atoms with Crippen LogP contribution in [0.2, 0.25) is 0 Å². The first-order chi connectivity index (χ1) is 10.1. The van der Waals surface area contributed by atoms with Gasteiger partial charge < -0.3 is 4.42 Å². The minimum Gasteiger partial charge on any atom is -0.465 e. The molecule has 1 aromatic heterocycles. The van der Waals surface area contributed by atoms with E-state index in [2.05, 4.69) is 10.5 Å². The number of hydrazone groups is 1. The summed E-state index contributed by atoms with van der Waals surface area (Å²) in [6.45, 7) is 5.87. The highest BCUT2D eigenvalue weighted by atomic mass is 16.3. The van der Waals surface area contributed by atoms with E-state index < -0.39 is 0 Å². The normalized spacial score (nSPS) is 11.9. The van der Waals surface area contributed by atoms with E-state index in [1.807, 2.05) is 51.1 Å². The molecule has 0 saturated heterocycles. The fraction of sp³-hybridized carbons (Fsp3) is 0.176. The molecule has 0 aliphatic carbocycles. The molecule has 4 nitrogen and oxygen atoms in total. The molecule has 0 aliphatic heterocycles. The molecule has 0 spiro atoms. The summed E-state index contributed by atoms with van der Waals surface area (Å²) in [7, 11) is 0. The maximum atomic E-state index is 11.9. The number of nitrogens with one attached hydrogen (secondary N) is 1. The van der Waals surface area contributed by atoms with Gasteiger partial charge in [-0.2, -0.15) is 5.10 Å². The summed E-state index contributed by atoms with van der Waals surface area (Å²) in [5, 5.41) is 3.95. The third-order valence-corrected chi connectivity index (χ3v) is 3.12. The quantitative estimate of drug-likeness (QED) is 0.686. The van der Waals surface area contributed by atoms with E-state index in [0.29, 0.717) is 5.56 Å². The molecule has 1 aromatic carbocycles. The molecule has 0 aliphatic rings. The van der Waals surface area contributed by atoms with Gasteiger partial charge in [0, 0.05) is 5.56 Å². The van der Waals surface area contributed by atoms with Crippen molar-refractivity contribution in [3.63, 3.8) is 0 Å². The van der Waals surface area contributed by atoms with Gasteiger partial charge in [0.15, 0.2) is 0 Å². The van der Waals surface area contributed by atoms with Crippen LogP contribution in [-0.4, -0.2) is 12.1 Å². The van der Waals surface area contributed by atoms with E-state index in [1.165, 1.54) is 0 Å². The van der Waals surface area contributed by atoms with Gasteiger partial charge in [0.25, 0.3) is 5.91 Å². The van der Waals surface area contributed by atoms with Crippen molar-refractivity contribution in [3.8, 4) is 0 Å². The zero-order valence-electron chi connectivity index (χ0n) is 12.4. The summed E-state index contributed by atoms with van der Waals surface area (Å²) in [6, 6.07) is 9.24. The number of benzene rings is 1. The lowest BCUT2D eigenvalue weighted by atomic mass is 10.1. The van der Waals surface area contributed by atoms with Gasteiger partial charge in [-0.15, -0.1) is 0 Å². The Morgan fingerprint density at radius 2 is 2.05 bits per heavy atom. The van der Waals surface area contributed by atoms with Crippen molar-refractivity contribution in [1.29, 1.82) is 0 Å². The van der Waals surface area contributed by atoms with Crippen LogP contribution in [0.1, 0.15) is 34.2 Å². The molecule has 0 unspecified atom stereocenters. The van der Waals surface area contributed by atoms with Crippen LogP contribution in [0.15, 0.2) is 51.7 Å². The first-order valence-corrected chi connectivity index (χ1v) is 6.69. The Kier molecular flexibility index (Phi) is 4.72. The second-order valence-electron chi connectivity index (χ2n) is 4.90. The summed E-state index contributed by atoms with van der Waals surface area (Å²) < 4.78 is 5.20. The number of nitrogens with zero attached hydrogens (tertiary/aromatic N) is 1. The molecule has 1 heterocycles. The van der Waals surface area contributed by atoms with Crippen molar-refractivity contribution < 1.29 is 9.21 Å². The third kappa shape index (κ3) is 4.18. The van der Waals surface area contributed by atoms with Crippen LogP contribution in [0, 0.1) is 13.8 Å². The molecule has 2 rings (SSSR count). The highest BCUT2D eigenvalue weighted by Crippen LogP contribution is 2.09. The van der Waals surface area contributed by atoms with Crippen LogP contribution in [0.5, 0.6) is 0 Å². The molecule has 0 saturated carbocycles. The average molecular weight is 282 g/mol. The lowest BCUT2D eigenvalue weighted by Crippen LogP contribution is -2.17. The largest absolute Gasteiger partial charge is 0.465 e. The van der Waals surface area contributed by atoms with Gasteiger partial charge in [-0.25, -0.2) is 5.43 Å². The Morgan fingerprint density at radius 1 is 1.24 bits per heavy atom. The van der Waals surface area contributed by atoms with E-state index in [9.17, 15) is 4.79 Å². The van der Waals surface area contributed by atoms with Crippen molar-refractivity contribution in [2.45, 2.75) is 20.8 Å². The molecule has 1 N–H and O–H groups in total. The minimum atomic E-state index is -0.222. The first-order valence-electron chi connectivity index (χ1n) is 6.69. The van der Waals surface area contributed by atoms with Crippen LogP contribution in [0.25, 0.3) is 6.08 Å². The number of furan rings is 1. The predicted octanol–water partition coefficient (Wildman–Crippen LogP) is 3.72. The number of hydrogen-bond donors (Lipinski definition) is 1. The van der Waals surface area contributed by atoms with Crippen LogP contribution in [-0.2, 0) is 0 Å². The average Bonchev–Trinajstić information content (AvgIpc) is 2.94. The van der Waals surface area contributed by atoms with E-state index in [4.69, 9.17) is 4.42 Å². The van der Waals surface area contributed by atoms with Gasteiger partial charge >= 0.3 is 0 Å². The highest BCUT2D eigenvalue weighted by molar-refractivity contribution is 5.95. The molecular weight excluding hydrogens is 264 g/mol. The summed E-state index contributed by atoms with van der Waals surface area (Å²) in [6.07, 6.45) is 5.03. The topological polar surface area (TPSA) is 54.6 Å². The standard InChI is InChI=1S/C17H18N2O2/c1-12(9-16-5-4-8-21-16)11-18-19-17(20)15-7-6-13(2)14(3)10-15/h4-11H,1-3H3,(H,19,20). The van der Waals surface area contributed by atoms with E-state index in [-0.39, 0.29) is 5.91 Å². The molecule has 0 bridgehead atoms. The Hall–Kier alpha value is -2.62. The van der Waals surface area contributed by atoms with Crippen molar-refractivity contribution in [2.24, 2.45) is 5.10 Å². The Labute approximate surface area is 124 Å². The molecule has 21 heavy (non-hydrogen) atoms. The fourth-order valence-corrected chi connectivity index (χ4v) is 1.77. The van der Waals surface area contributed by atoms with Gasteiger partial charge in [0.1, 0.15) is 5.76 Å². The smallest absolute Gasteiger partial charge is 0.271 e. The summed E-state index contributed by atoms with van der Waals surface area (Å²) in [4.78, 5) is 11.9. The second-order valence-corrected chi connectivity index (χ2v) is 4.90. The minimum absolute atomic E-state index is 0.222. The first kappa shape index (κ1) is 14.8. The number of amides is 1. The number of carbonyl (C=O) groups is 1. The van der Waals surface area contributed by atoms with E-state index in [0.717, 1.165) is 22.5 Å². The highest BCUT2D eigenvalue weighted by Gasteiger charge is 2.04. The number of carbonyl (C=O) groups excluding carboxylic acids is 1. The van der Waals surface area contributed by atoms with Gasteiger partial charge in [-0.3, -0.25) is 4.79 Å². The van der Waals surface area contributed by atoms with Crippen molar-refractivity contribution in [1.82, 2.24) is 5.43 Å². The number of aryl methyl sites for hydroxylation is 2. The van der Waals surface area contributed by atoms with E-state index >= 15 is 0 Å². The molecule has 0 atom stereocenters.